The van der Waals surface area contributed by atoms with Crippen LogP contribution >= 0.6 is 0 Å². The summed E-state index contributed by atoms with van der Waals surface area (Å²) in [5, 5.41) is 17.3. The molecule has 0 saturated carbocycles. The lowest BCUT2D eigenvalue weighted by Crippen LogP contribution is -2.43. The zero-order valence-corrected chi connectivity index (χ0v) is 10.2. The fourth-order valence-corrected chi connectivity index (χ4v) is 1.84. The third kappa shape index (κ3) is 5.40. The number of aliphatic hydroxyl groups is 1. The molecule has 0 spiro atoms. The number of hydrogen-bond donors (Lipinski definition) is 3. The first-order valence-electron chi connectivity index (χ1n) is 4.93. The van der Waals surface area contributed by atoms with Crippen LogP contribution in [0.15, 0.2) is 0 Å². The van der Waals surface area contributed by atoms with Crippen LogP contribution in [0.2, 0.25) is 0 Å². The van der Waals surface area contributed by atoms with Crippen LogP contribution in [0.3, 0.4) is 0 Å². The van der Waals surface area contributed by atoms with E-state index < -0.39 is 28.8 Å². The van der Waals surface area contributed by atoms with Gasteiger partial charge in [-0.3, -0.25) is 0 Å². The maximum Gasteiger partial charge on any atom is 0.333 e. The van der Waals surface area contributed by atoms with Gasteiger partial charge in [0.1, 0.15) is 0 Å². The minimum Gasteiger partial charge on any atom is -0.479 e. The molecular weight excluding hydrogens is 236 g/mol. The van der Waals surface area contributed by atoms with E-state index in [4.69, 9.17) is 10.2 Å². The molecule has 0 bridgehead atoms. The molecule has 96 valence electrons. The molecule has 0 heterocycles. The molecule has 7 nitrogen and oxygen atoms in total. The molecule has 1 unspecified atom stereocenters. The number of unbranched alkanes of at least 4 members (excludes halogenated alkanes) is 1. The Labute approximate surface area is 95.2 Å². The Morgan fingerprint density at radius 2 is 2.06 bits per heavy atom. The molecule has 0 aromatic rings. The van der Waals surface area contributed by atoms with Gasteiger partial charge >= 0.3 is 5.97 Å². The highest BCUT2D eigenvalue weighted by Crippen LogP contribution is 1.98. The predicted molar refractivity (Wildman–Crippen MR) is 58.1 cm³/mol. The van der Waals surface area contributed by atoms with Crippen LogP contribution in [0, 0.1) is 0 Å². The Balaban J connectivity index is 4.19. The average Bonchev–Trinajstić information content (AvgIpc) is 2.22. The smallest absolute Gasteiger partial charge is 0.333 e. The van der Waals surface area contributed by atoms with Gasteiger partial charge < -0.3 is 10.2 Å². The highest BCUT2D eigenvalue weighted by molar-refractivity contribution is 7.87. The lowest BCUT2D eigenvalue weighted by atomic mass is 10.3. The number of aliphatic hydroxyl groups excluding tert-OH is 1. The first-order chi connectivity index (χ1) is 7.31. The number of carbonyl (C=O) groups is 1. The van der Waals surface area contributed by atoms with E-state index in [-0.39, 0.29) is 0 Å². The standard InChI is InChI=1S/C8H18N2O5S/c1-3-4-5-10(2)16(14,15)9-6-7(11)8(12)13/h7,9,11H,3-6H2,1-2H3,(H,12,13). The van der Waals surface area contributed by atoms with Crippen molar-refractivity contribution in [3.63, 3.8) is 0 Å². The summed E-state index contributed by atoms with van der Waals surface area (Å²) in [6, 6.07) is 0. The maximum absolute atomic E-state index is 11.5. The van der Waals surface area contributed by atoms with E-state index in [9.17, 15) is 13.2 Å². The Morgan fingerprint density at radius 1 is 1.50 bits per heavy atom. The van der Waals surface area contributed by atoms with Crippen LogP contribution in [-0.4, -0.2) is 55.1 Å². The van der Waals surface area contributed by atoms with E-state index in [0.717, 1.165) is 17.1 Å². The van der Waals surface area contributed by atoms with Crippen LogP contribution in [0.1, 0.15) is 19.8 Å². The maximum atomic E-state index is 11.5. The Kier molecular flexibility index (Phi) is 6.49. The molecule has 0 amide bonds. The largest absolute Gasteiger partial charge is 0.479 e. The van der Waals surface area contributed by atoms with Gasteiger partial charge in [0.2, 0.25) is 0 Å². The molecule has 0 aromatic carbocycles. The lowest BCUT2D eigenvalue weighted by Gasteiger charge is -2.17. The van der Waals surface area contributed by atoms with Crippen molar-refractivity contribution in [3.8, 4) is 0 Å². The molecule has 0 rings (SSSR count). The summed E-state index contributed by atoms with van der Waals surface area (Å²) in [6.07, 6.45) is -0.148. The van der Waals surface area contributed by atoms with Gasteiger partial charge in [0.15, 0.2) is 6.10 Å². The first kappa shape index (κ1) is 15.3. The number of carboxylic acids is 1. The average molecular weight is 254 g/mol. The van der Waals surface area contributed by atoms with Gasteiger partial charge in [-0.15, -0.1) is 0 Å². The minimum absolute atomic E-state index is 0.356. The highest BCUT2D eigenvalue weighted by atomic mass is 32.2. The number of aliphatic carboxylic acids is 1. The number of rotatable bonds is 8. The van der Waals surface area contributed by atoms with E-state index in [1.54, 1.807) is 0 Å². The first-order valence-corrected chi connectivity index (χ1v) is 6.37. The van der Waals surface area contributed by atoms with Crippen molar-refractivity contribution in [3.05, 3.63) is 0 Å². The number of hydrogen-bond acceptors (Lipinski definition) is 4. The van der Waals surface area contributed by atoms with Gasteiger partial charge in [-0.2, -0.15) is 17.4 Å². The Hall–Kier alpha value is -0.700. The van der Waals surface area contributed by atoms with E-state index in [0.29, 0.717) is 6.54 Å². The Bertz CT molecular complexity index is 316. The minimum atomic E-state index is -3.70. The van der Waals surface area contributed by atoms with Crippen LogP contribution in [-0.2, 0) is 15.0 Å². The van der Waals surface area contributed by atoms with Crippen LogP contribution in [0.5, 0.6) is 0 Å². The van der Waals surface area contributed by atoms with Gasteiger partial charge in [-0.1, -0.05) is 13.3 Å². The van der Waals surface area contributed by atoms with Crippen LogP contribution < -0.4 is 4.72 Å². The normalized spacial score (nSPS) is 14.0. The molecule has 3 N–H and O–H groups in total. The molecular formula is C8H18N2O5S. The molecule has 0 aliphatic rings. The van der Waals surface area contributed by atoms with Crippen molar-refractivity contribution < 1.29 is 23.4 Å². The van der Waals surface area contributed by atoms with Gasteiger partial charge in [0.05, 0.1) is 0 Å². The highest BCUT2D eigenvalue weighted by Gasteiger charge is 2.20. The van der Waals surface area contributed by atoms with Crippen molar-refractivity contribution in [1.29, 1.82) is 0 Å². The second-order valence-electron chi connectivity index (χ2n) is 3.38. The molecule has 0 fully saturated rings. The van der Waals surface area contributed by atoms with Crippen molar-refractivity contribution in [2.45, 2.75) is 25.9 Å². The molecule has 0 saturated heterocycles. The second-order valence-corrected chi connectivity index (χ2v) is 5.24. The van der Waals surface area contributed by atoms with E-state index in [1.165, 1.54) is 7.05 Å². The number of nitrogens with one attached hydrogen (secondary N) is 1. The summed E-state index contributed by atoms with van der Waals surface area (Å²) in [5.41, 5.74) is 0. The monoisotopic (exact) mass is 254 g/mol. The van der Waals surface area contributed by atoms with Crippen molar-refractivity contribution >= 4 is 16.2 Å². The van der Waals surface area contributed by atoms with Crippen molar-refractivity contribution in [1.82, 2.24) is 9.03 Å². The molecule has 8 heteroatoms. The third-order valence-electron chi connectivity index (χ3n) is 1.98. The number of nitrogens with zero attached hydrogens (tertiary/aromatic N) is 1. The lowest BCUT2D eigenvalue weighted by molar-refractivity contribution is -0.146. The molecule has 0 aliphatic heterocycles. The SMILES string of the molecule is CCCCN(C)S(=O)(=O)NCC(O)C(=O)O. The molecule has 0 aromatic heterocycles. The Morgan fingerprint density at radius 3 is 2.50 bits per heavy atom. The zero-order valence-electron chi connectivity index (χ0n) is 9.38. The zero-order chi connectivity index (χ0) is 12.8. The van der Waals surface area contributed by atoms with Crippen molar-refractivity contribution in [2.75, 3.05) is 20.1 Å². The summed E-state index contributed by atoms with van der Waals surface area (Å²) in [7, 11) is -2.31. The van der Waals surface area contributed by atoms with Gasteiger partial charge in [0, 0.05) is 20.1 Å². The molecule has 0 aliphatic carbocycles. The van der Waals surface area contributed by atoms with Crippen LogP contribution in [0.25, 0.3) is 0 Å². The van der Waals surface area contributed by atoms with Gasteiger partial charge in [-0.05, 0) is 6.42 Å². The second kappa shape index (κ2) is 6.79. The van der Waals surface area contributed by atoms with E-state index >= 15 is 0 Å². The molecule has 16 heavy (non-hydrogen) atoms. The van der Waals surface area contributed by atoms with E-state index in [2.05, 4.69) is 0 Å². The summed E-state index contributed by atoms with van der Waals surface area (Å²) in [6.45, 7) is 1.76. The predicted octanol–water partition coefficient (Wildman–Crippen LogP) is -1.00. The summed E-state index contributed by atoms with van der Waals surface area (Å²) in [5.74, 6) is -1.46. The fraction of sp³-hybridized carbons (Fsp3) is 0.875. The quantitative estimate of drug-likeness (QED) is 0.515. The molecule has 0 radical (unpaired) electrons. The molecule has 1 atom stereocenters. The third-order valence-corrected chi connectivity index (χ3v) is 3.52. The summed E-state index contributed by atoms with van der Waals surface area (Å²) in [4.78, 5) is 10.3. The summed E-state index contributed by atoms with van der Waals surface area (Å²) < 4.78 is 26.1. The van der Waals surface area contributed by atoms with Crippen LogP contribution in [0.4, 0.5) is 0 Å². The summed E-state index contributed by atoms with van der Waals surface area (Å²) >= 11 is 0. The topological polar surface area (TPSA) is 107 Å². The van der Waals surface area contributed by atoms with Crippen molar-refractivity contribution in [2.24, 2.45) is 0 Å². The van der Waals surface area contributed by atoms with E-state index in [1.807, 2.05) is 11.6 Å². The fourth-order valence-electron chi connectivity index (χ4n) is 0.883. The van der Waals surface area contributed by atoms with Gasteiger partial charge in [-0.25, -0.2) is 4.79 Å². The number of carboxylic acid groups (broad SMARTS) is 1. The van der Waals surface area contributed by atoms with Gasteiger partial charge in [0.25, 0.3) is 10.2 Å².